The van der Waals surface area contributed by atoms with E-state index in [0.29, 0.717) is 0 Å². The molecule has 0 bridgehead atoms. The molecule has 1 aromatic heterocycles. The molecule has 37 heavy (non-hydrogen) atoms. The summed E-state index contributed by atoms with van der Waals surface area (Å²) in [5.74, 6) is 1.89. The Bertz CT molecular complexity index is 1300. The average molecular weight is 496 g/mol. The van der Waals surface area contributed by atoms with Crippen molar-refractivity contribution in [3.8, 4) is 0 Å². The van der Waals surface area contributed by atoms with Crippen LogP contribution < -0.4 is 10.2 Å². The van der Waals surface area contributed by atoms with Crippen LogP contribution in [0.15, 0.2) is 55.1 Å². The first-order valence-corrected chi connectivity index (χ1v) is 13.3. The highest BCUT2D eigenvalue weighted by atomic mass is 16.2. The van der Waals surface area contributed by atoms with E-state index in [9.17, 15) is 4.79 Å². The fraction of sp³-hybridized carbons (Fsp3) is 0.387. The number of aryl methyl sites for hydroxylation is 4. The van der Waals surface area contributed by atoms with Crippen LogP contribution in [0.1, 0.15) is 69.4 Å². The Morgan fingerprint density at radius 3 is 2.51 bits per heavy atom. The minimum Gasteiger partial charge on any atom is -0.378 e. The third kappa shape index (κ3) is 5.24. The van der Waals surface area contributed by atoms with Gasteiger partial charge in [0.1, 0.15) is 11.6 Å². The molecular formula is C31H37N5O. The SMILES string of the molecule is C=C(NC1CCc2ccc(C(=O)N(C)C3CCN(c4cc(C)nc(C)n4)CC3)cc21)c1ccccc1C. The average Bonchev–Trinajstić information content (AvgIpc) is 3.29. The number of benzene rings is 2. The van der Waals surface area contributed by atoms with Crippen molar-refractivity contribution < 1.29 is 4.79 Å². The van der Waals surface area contributed by atoms with Gasteiger partial charge in [-0.3, -0.25) is 4.79 Å². The molecule has 5 rings (SSSR count). The van der Waals surface area contributed by atoms with Gasteiger partial charge in [0, 0.05) is 49.2 Å². The summed E-state index contributed by atoms with van der Waals surface area (Å²) in [6.45, 7) is 12.1. The van der Waals surface area contributed by atoms with E-state index >= 15 is 0 Å². The van der Waals surface area contributed by atoms with Crippen LogP contribution in [-0.2, 0) is 6.42 Å². The van der Waals surface area contributed by atoms with E-state index in [-0.39, 0.29) is 18.0 Å². The maximum Gasteiger partial charge on any atom is 0.253 e. The van der Waals surface area contributed by atoms with Crippen LogP contribution in [0.4, 0.5) is 5.82 Å². The van der Waals surface area contributed by atoms with Crippen LogP contribution in [0.25, 0.3) is 5.70 Å². The molecule has 2 heterocycles. The molecule has 6 nitrogen and oxygen atoms in total. The lowest BCUT2D eigenvalue weighted by atomic mass is 10.00. The van der Waals surface area contributed by atoms with E-state index in [1.807, 2.05) is 50.1 Å². The molecule has 0 spiro atoms. The van der Waals surface area contributed by atoms with Crippen LogP contribution in [-0.4, -0.2) is 47.0 Å². The smallest absolute Gasteiger partial charge is 0.253 e. The molecule has 1 N–H and O–H groups in total. The van der Waals surface area contributed by atoms with Crippen molar-refractivity contribution >= 4 is 17.4 Å². The number of fused-ring (bicyclic) bond motifs is 1. The van der Waals surface area contributed by atoms with E-state index < -0.39 is 0 Å². The zero-order valence-electron chi connectivity index (χ0n) is 22.4. The van der Waals surface area contributed by atoms with Gasteiger partial charge in [-0.25, -0.2) is 9.97 Å². The number of hydrogen-bond donors (Lipinski definition) is 1. The van der Waals surface area contributed by atoms with Gasteiger partial charge in [-0.15, -0.1) is 0 Å². The second-order valence-corrected chi connectivity index (χ2v) is 10.5. The van der Waals surface area contributed by atoms with Crippen LogP contribution >= 0.6 is 0 Å². The fourth-order valence-electron chi connectivity index (χ4n) is 5.80. The number of carbonyl (C=O) groups is 1. The summed E-state index contributed by atoms with van der Waals surface area (Å²) in [5.41, 5.74) is 7.58. The highest BCUT2D eigenvalue weighted by Crippen LogP contribution is 2.34. The molecule has 1 fully saturated rings. The molecule has 3 aromatic rings. The topological polar surface area (TPSA) is 61.4 Å². The molecule has 192 valence electrons. The summed E-state index contributed by atoms with van der Waals surface area (Å²) in [5, 5.41) is 3.64. The predicted molar refractivity (Wildman–Crippen MR) is 150 cm³/mol. The standard InChI is InChI=1S/C31H37N5O/c1-20-8-6-7-9-27(20)22(3)33-29-13-12-24-10-11-25(19-28(24)29)31(37)35(5)26-14-16-36(17-15-26)30-18-21(2)32-23(4)34-30/h6-11,18-19,26,29,33H,3,12-17H2,1-2,4-5H3. The first kappa shape index (κ1) is 25.0. The second kappa shape index (κ2) is 10.4. The van der Waals surface area contributed by atoms with Crippen molar-refractivity contribution in [2.45, 2.75) is 58.5 Å². The molecule has 1 aliphatic carbocycles. The molecule has 1 amide bonds. The molecule has 1 aliphatic heterocycles. The van der Waals surface area contributed by atoms with Gasteiger partial charge in [-0.2, -0.15) is 0 Å². The number of aromatic nitrogens is 2. The van der Waals surface area contributed by atoms with E-state index in [0.717, 1.165) is 72.9 Å². The van der Waals surface area contributed by atoms with Crippen LogP contribution in [0.5, 0.6) is 0 Å². The molecular weight excluding hydrogens is 458 g/mol. The lowest BCUT2D eigenvalue weighted by Crippen LogP contribution is -2.46. The van der Waals surface area contributed by atoms with Crippen molar-refractivity contribution in [1.82, 2.24) is 20.2 Å². The summed E-state index contributed by atoms with van der Waals surface area (Å²) >= 11 is 0. The van der Waals surface area contributed by atoms with Crippen LogP contribution in [0.3, 0.4) is 0 Å². The minimum atomic E-state index is 0.0957. The van der Waals surface area contributed by atoms with Gasteiger partial charge in [0.25, 0.3) is 5.91 Å². The molecule has 2 aliphatic rings. The summed E-state index contributed by atoms with van der Waals surface area (Å²) in [7, 11) is 1.95. The largest absolute Gasteiger partial charge is 0.378 e. The van der Waals surface area contributed by atoms with E-state index in [1.54, 1.807) is 0 Å². The Morgan fingerprint density at radius 1 is 1.03 bits per heavy atom. The Kier molecular flexibility index (Phi) is 7.00. The maximum absolute atomic E-state index is 13.5. The van der Waals surface area contributed by atoms with Crippen molar-refractivity contribution in [3.05, 3.63) is 94.4 Å². The van der Waals surface area contributed by atoms with Gasteiger partial charge >= 0.3 is 0 Å². The van der Waals surface area contributed by atoms with Crippen LogP contribution in [0, 0.1) is 20.8 Å². The number of carbonyl (C=O) groups excluding carboxylic acids is 1. The third-order valence-electron chi connectivity index (χ3n) is 7.90. The molecule has 1 saturated heterocycles. The quantitative estimate of drug-likeness (QED) is 0.497. The second-order valence-electron chi connectivity index (χ2n) is 10.5. The highest BCUT2D eigenvalue weighted by Gasteiger charge is 2.29. The van der Waals surface area contributed by atoms with E-state index in [1.165, 1.54) is 16.7 Å². The van der Waals surface area contributed by atoms with Gasteiger partial charge in [0.15, 0.2) is 0 Å². The monoisotopic (exact) mass is 495 g/mol. The van der Waals surface area contributed by atoms with Crippen molar-refractivity contribution in [1.29, 1.82) is 0 Å². The van der Waals surface area contributed by atoms with E-state index in [2.05, 4.69) is 58.0 Å². The number of nitrogens with zero attached hydrogens (tertiary/aromatic N) is 4. The highest BCUT2D eigenvalue weighted by molar-refractivity contribution is 5.94. The fourth-order valence-corrected chi connectivity index (χ4v) is 5.80. The Labute approximate surface area is 220 Å². The van der Waals surface area contributed by atoms with Crippen molar-refractivity contribution in [3.63, 3.8) is 0 Å². The Morgan fingerprint density at radius 2 is 1.78 bits per heavy atom. The Hall–Kier alpha value is -3.67. The molecule has 0 radical (unpaired) electrons. The Balaban J connectivity index is 1.25. The molecule has 6 heteroatoms. The number of nitrogens with one attached hydrogen (secondary N) is 1. The van der Waals surface area contributed by atoms with Crippen molar-refractivity contribution in [2.75, 3.05) is 25.0 Å². The first-order valence-electron chi connectivity index (χ1n) is 13.3. The zero-order valence-corrected chi connectivity index (χ0v) is 22.4. The van der Waals surface area contributed by atoms with Gasteiger partial charge in [-0.1, -0.05) is 36.9 Å². The zero-order chi connectivity index (χ0) is 26.1. The summed E-state index contributed by atoms with van der Waals surface area (Å²) in [6, 6.07) is 17.0. The molecule has 2 aromatic carbocycles. The van der Waals surface area contributed by atoms with Gasteiger partial charge in [0.2, 0.25) is 0 Å². The van der Waals surface area contributed by atoms with Crippen molar-refractivity contribution in [2.24, 2.45) is 0 Å². The first-order chi connectivity index (χ1) is 17.8. The van der Waals surface area contributed by atoms with Gasteiger partial charge in [-0.05, 0) is 80.8 Å². The number of rotatable bonds is 6. The van der Waals surface area contributed by atoms with Gasteiger partial charge in [0.05, 0.1) is 6.04 Å². The normalized spacial score (nSPS) is 17.4. The lowest BCUT2D eigenvalue weighted by Gasteiger charge is -2.37. The molecule has 0 saturated carbocycles. The number of piperidine rings is 1. The van der Waals surface area contributed by atoms with E-state index in [4.69, 9.17) is 0 Å². The minimum absolute atomic E-state index is 0.0957. The summed E-state index contributed by atoms with van der Waals surface area (Å²) < 4.78 is 0. The number of hydrogen-bond acceptors (Lipinski definition) is 5. The lowest BCUT2D eigenvalue weighted by molar-refractivity contribution is 0.0709. The van der Waals surface area contributed by atoms with Gasteiger partial charge < -0.3 is 15.1 Å². The third-order valence-corrected chi connectivity index (χ3v) is 7.90. The molecule has 1 unspecified atom stereocenters. The predicted octanol–water partition coefficient (Wildman–Crippen LogP) is 5.39. The number of anilines is 1. The number of amides is 1. The summed E-state index contributed by atoms with van der Waals surface area (Å²) in [6.07, 6.45) is 3.87. The van der Waals surface area contributed by atoms with Crippen LogP contribution in [0.2, 0.25) is 0 Å². The summed E-state index contributed by atoms with van der Waals surface area (Å²) in [4.78, 5) is 26.8. The molecule has 1 atom stereocenters. The maximum atomic E-state index is 13.5.